The Bertz CT molecular complexity index is 1460. The van der Waals surface area contributed by atoms with Crippen LogP contribution in [0.1, 0.15) is 55.6 Å². The molecular formula is C30H32N2O9. The number of aromatic hydroxyl groups is 1. The number of nitro groups is 1. The molecule has 1 saturated heterocycles. The van der Waals surface area contributed by atoms with Crippen molar-refractivity contribution in [3.05, 3.63) is 80.2 Å². The molecule has 5 rings (SSSR count). The van der Waals surface area contributed by atoms with Crippen LogP contribution in [0.3, 0.4) is 0 Å². The van der Waals surface area contributed by atoms with Crippen LogP contribution in [0, 0.1) is 10.1 Å². The first kappa shape index (κ1) is 28.2. The van der Waals surface area contributed by atoms with E-state index in [1.54, 1.807) is 14.0 Å². The molecule has 2 aliphatic heterocycles. The minimum absolute atomic E-state index is 0.0527. The summed E-state index contributed by atoms with van der Waals surface area (Å²) < 4.78 is 22.0. The first-order chi connectivity index (χ1) is 19.7. The number of para-hydroxylation sites is 1. The molecule has 0 unspecified atom stereocenters. The van der Waals surface area contributed by atoms with Gasteiger partial charge in [0.2, 0.25) is 5.75 Å². The first-order valence-corrected chi connectivity index (χ1v) is 13.4. The third kappa shape index (κ3) is 5.37. The minimum Gasteiger partial charge on any atom is -0.500 e. The molecule has 0 bridgehead atoms. The molecule has 0 amide bonds. The second-order valence-electron chi connectivity index (χ2n) is 10.3. The average molecular weight is 565 g/mol. The topological polar surface area (TPSA) is 146 Å². The van der Waals surface area contributed by atoms with E-state index in [2.05, 4.69) is 5.32 Å². The van der Waals surface area contributed by atoms with Crippen LogP contribution in [0.25, 0.3) is 0 Å². The van der Waals surface area contributed by atoms with Gasteiger partial charge >= 0.3 is 11.7 Å². The number of nitrogens with zero attached hydrogens (tertiary/aromatic N) is 1. The third-order valence-electron chi connectivity index (χ3n) is 7.88. The Kier molecular flexibility index (Phi) is 7.98. The summed E-state index contributed by atoms with van der Waals surface area (Å²) in [5, 5.41) is 25.5. The number of rotatable bonds is 8. The number of ether oxygens (including phenoxy) is 4. The number of allylic oxidation sites excluding steroid dienone is 3. The van der Waals surface area contributed by atoms with E-state index in [4.69, 9.17) is 18.9 Å². The number of nitrogens with one attached hydrogen (secondary N) is 1. The highest BCUT2D eigenvalue weighted by molar-refractivity contribution is 6.04. The predicted octanol–water partition coefficient (Wildman–Crippen LogP) is 4.40. The number of hydrogen-bond acceptors (Lipinski definition) is 10. The zero-order valence-electron chi connectivity index (χ0n) is 23.1. The van der Waals surface area contributed by atoms with E-state index < -0.39 is 28.2 Å². The molecule has 41 heavy (non-hydrogen) atoms. The van der Waals surface area contributed by atoms with Gasteiger partial charge in [0.05, 0.1) is 30.8 Å². The van der Waals surface area contributed by atoms with Gasteiger partial charge in [0, 0.05) is 47.9 Å². The minimum atomic E-state index is -0.984. The van der Waals surface area contributed by atoms with Crippen LogP contribution in [-0.4, -0.2) is 55.3 Å². The summed E-state index contributed by atoms with van der Waals surface area (Å²) >= 11 is 0. The van der Waals surface area contributed by atoms with E-state index in [0.29, 0.717) is 35.7 Å². The SMILES string of the molecule is COc1ccccc1[C@@H]1CC(=O)C2=C(C1)NC(C)=C(C(=O)OC[C@@H]1CCCO1)[C@H]2c1cc(OC)c(O)c([N+](=O)[O-])c1. The Morgan fingerprint density at radius 2 is 1.93 bits per heavy atom. The number of Topliss-reactive ketones (excluding diaryl/α,β-unsaturated/α-hetero) is 1. The van der Waals surface area contributed by atoms with Gasteiger partial charge in [0.15, 0.2) is 11.5 Å². The number of phenols is 1. The standard InChI is InChI=1S/C30H32N2O9/c1-16-26(30(35)41-15-19-7-6-10-40-19)27(18-12-22(32(36)37)29(34)25(14-18)39-3)28-21(31-16)11-17(13-23(28)33)20-8-4-5-9-24(20)38-2/h4-5,8-9,12,14,17,19,27,31,34H,6-7,10-11,13,15H2,1-3H3/t17-,19-,27+/m0/s1. The van der Waals surface area contributed by atoms with Gasteiger partial charge in [-0.1, -0.05) is 18.2 Å². The second kappa shape index (κ2) is 11.6. The molecule has 216 valence electrons. The smallest absolute Gasteiger partial charge is 0.336 e. The first-order valence-electron chi connectivity index (χ1n) is 13.4. The van der Waals surface area contributed by atoms with Crippen molar-refractivity contribution in [2.45, 2.75) is 50.5 Å². The van der Waals surface area contributed by atoms with Crippen LogP contribution in [0.15, 0.2) is 58.9 Å². The van der Waals surface area contributed by atoms with Crippen molar-refractivity contribution < 1.29 is 38.6 Å². The zero-order valence-corrected chi connectivity index (χ0v) is 23.1. The summed E-state index contributed by atoms with van der Waals surface area (Å²) in [6, 6.07) is 10.1. The van der Waals surface area contributed by atoms with Gasteiger partial charge in [0.1, 0.15) is 12.4 Å². The van der Waals surface area contributed by atoms with E-state index in [1.807, 2.05) is 24.3 Å². The Morgan fingerprint density at radius 1 is 1.17 bits per heavy atom. The Labute approximate surface area is 236 Å². The number of benzene rings is 2. The molecule has 1 fully saturated rings. The third-order valence-corrected chi connectivity index (χ3v) is 7.88. The van der Waals surface area contributed by atoms with Crippen molar-refractivity contribution in [1.82, 2.24) is 5.32 Å². The number of carbonyl (C=O) groups is 2. The van der Waals surface area contributed by atoms with Gasteiger partial charge in [-0.05, 0) is 49.4 Å². The number of dihydropyridines is 1. The molecule has 2 aromatic carbocycles. The maximum Gasteiger partial charge on any atom is 0.336 e. The van der Waals surface area contributed by atoms with Crippen LogP contribution in [0.4, 0.5) is 5.69 Å². The van der Waals surface area contributed by atoms with E-state index in [0.717, 1.165) is 18.4 Å². The second-order valence-corrected chi connectivity index (χ2v) is 10.3. The number of hydrogen-bond donors (Lipinski definition) is 2. The lowest BCUT2D eigenvalue weighted by atomic mass is 9.71. The molecule has 2 N–H and O–H groups in total. The summed E-state index contributed by atoms with van der Waals surface area (Å²) in [5.74, 6) is -2.15. The molecular weight excluding hydrogens is 532 g/mol. The lowest BCUT2D eigenvalue weighted by molar-refractivity contribution is -0.386. The van der Waals surface area contributed by atoms with Gasteiger partial charge in [-0.2, -0.15) is 0 Å². The fourth-order valence-electron chi connectivity index (χ4n) is 5.96. The molecule has 0 saturated carbocycles. The number of ketones is 1. The molecule has 0 aromatic heterocycles. The van der Waals surface area contributed by atoms with Crippen molar-refractivity contribution in [3.63, 3.8) is 0 Å². The van der Waals surface area contributed by atoms with E-state index in [1.165, 1.54) is 19.2 Å². The summed E-state index contributed by atoms with van der Waals surface area (Å²) in [6.07, 6.45) is 2.03. The van der Waals surface area contributed by atoms with Gasteiger partial charge in [0.25, 0.3) is 0 Å². The molecule has 11 nitrogen and oxygen atoms in total. The molecule has 0 spiro atoms. The van der Waals surface area contributed by atoms with Gasteiger partial charge in [-0.3, -0.25) is 14.9 Å². The lowest BCUT2D eigenvalue weighted by Crippen LogP contribution is -2.36. The van der Waals surface area contributed by atoms with Crippen LogP contribution in [-0.2, 0) is 19.1 Å². The van der Waals surface area contributed by atoms with E-state index in [-0.39, 0.29) is 47.7 Å². The van der Waals surface area contributed by atoms with Crippen LogP contribution in [0.2, 0.25) is 0 Å². The van der Waals surface area contributed by atoms with Crippen molar-refractivity contribution in [3.8, 4) is 17.2 Å². The quantitative estimate of drug-likeness (QED) is 0.269. The number of carbonyl (C=O) groups excluding carboxylic acids is 2. The molecule has 3 aliphatic rings. The lowest BCUT2D eigenvalue weighted by Gasteiger charge is -2.37. The van der Waals surface area contributed by atoms with Gasteiger partial charge in [-0.25, -0.2) is 4.79 Å². The summed E-state index contributed by atoms with van der Waals surface area (Å²) in [5.41, 5.74) is 2.12. The summed E-state index contributed by atoms with van der Waals surface area (Å²) in [6.45, 7) is 2.36. The Balaban J connectivity index is 1.60. The summed E-state index contributed by atoms with van der Waals surface area (Å²) in [4.78, 5) is 38.6. The van der Waals surface area contributed by atoms with Crippen molar-refractivity contribution in [1.29, 1.82) is 0 Å². The number of nitro benzene ring substituents is 1. The summed E-state index contributed by atoms with van der Waals surface area (Å²) in [7, 11) is 2.85. The number of phenolic OH excluding ortho intramolecular Hbond substituents is 1. The highest BCUT2D eigenvalue weighted by Crippen LogP contribution is 2.49. The predicted molar refractivity (Wildman–Crippen MR) is 147 cm³/mol. The van der Waals surface area contributed by atoms with Gasteiger partial charge in [-0.15, -0.1) is 0 Å². The van der Waals surface area contributed by atoms with E-state index in [9.17, 15) is 24.8 Å². The zero-order chi connectivity index (χ0) is 29.3. The molecule has 3 atom stereocenters. The molecule has 1 aliphatic carbocycles. The van der Waals surface area contributed by atoms with Crippen LogP contribution in [0.5, 0.6) is 17.2 Å². The van der Waals surface area contributed by atoms with Crippen molar-refractivity contribution in [2.24, 2.45) is 0 Å². The van der Waals surface area contributed by atoms with E-state index >= 15 is 0 Å². The normalized spacial score (nSPS) is 22.2. The van der Waals surface area contributed by atoms with Crippen LogP contribution >= 0.6 is 0 Å². The number of methoxy groups -OCH3 is 2. The Morgan fingerprint density at radius 3 is 2.61 bits per heavy atom. The molecule has 11 heteroatoms. The fourth-order valence-corrected chi connectivity index (χ4v) is 5.96. The van der Waals surface area contributed by atoms with Gasteiger partial charge < -0.3 is 29.4 Å². The highest BCUT2D eigenvalue weighted by Gasteiger charge is 2.43. The molecule has 2 aromatic rings. The largest absolute Gasteiger partial charge is 0.500 e. The van der Waals surface area contributed by atoms with Crippen LogP contribution < -0.4 is 14.8 Å². The molecule has 0 radical (unpaired) electrons. The highest BCUT2D eigenvalue weighted by atomic mass is 16.6. The van der Waals surface area contributed by atoms with Crippen molar-refractivity contribution >= 4 is 17.4 Å². The molecule has 2 heterocycles. The maximum absolute atomic E-state index is 13.9. The fraction of sp³-hybridized carbons (Fsp3) is 0.400. The Hall–Kier alpha value is -4.38. The monoisotopic (exact) mass is 564 g/mol. The maximum atomic E-state index is 13.9. The number of esters is 1. The average Bonchev–Trinajstić information content (AvgIpc) is 3.49. The van der Waals surface area contributed by atoms with Crippen molar-refractivity contribution in [2.75, 3.05) is 27.4 Å².